The van der Waals surface area contributed by atoms with Gasteiger partial charge in [0.15, 0.2) is 0 Å². The van der Waals surface area contributed by atoms with Crippen LogP contribution in [0.2, 0.25) is 0 Å². The molecule has 72 valence electrons. The van der Waals surface area contributed by atoms with E-state index >= 15 is 0 Å². The molecule has 0 aliphatic heterocycles. The zero-order chi connectivity index (χ0) is 9.99. The molecule has 1 N–H and O–H groups in total. The Morgan fingerprint density at radius 3 is 2.00 bits per heavy atom. The second-order valence-corrected chi connectivity index (χ2v) is 3.15. The summed E-state index contributed by atoms with van der Waals surface area (Å²) in [6, 6.07) is 0. The summed E-state index contributed by atoms with van der Waals surface area (Å²) in [7, 11) is 0. The SMILES string of the molecule is C=C(CCO)C(F)(F)C(F)(F)Br. The van der Waals surface area contributed by atoms with Crippen LogP contribution in [0.3, 0.4) is 0 Å². The molecule has 0 rings (SSSR count). The lowest BCUT2D eigenvalue weighted by atomic mass is 10.1. The van der Waals surface area contributed by atoms with Gasteiger partial charge >= 0.3 is 10.8 Å². The monoisotopic (exact) mass is 250 g/mol. The summed E-state index contributed by atoms with van der Waals surface area (Å²) in [5, 5.41) is 8.21. The molecule has 0 heterocycles. The van der Waals surface area contributed by atoms with Crippen LogP contribution < -0.4 is 0 Å². The molecule has 0 radical (unpaired) electrons. The third kappa shape index (κ3) is 2.45. The maximum absolute atomic E-state index is 12.5. The van der Waals surface area contributed by atoms with E-state index < -0.39 is 29.4 Å². The lowest BCUT2D eigenvalue weighted by Gasteiger charge is -2.22. The molecule has 1 nitrogen and oxygen atoms in total. The van der Waals surface area contributed by atoms with Gasteiger partial charge in [0.1, 0.15) is 0 Å². The Bertz CT molecular complexity index is 175. The van der Waals surface area contributed by atoms with Gasteiger partial charge < -0.3 is 5.11 Å². The minimum absolute atomic E-state index is 0.547. The molecular formula is C6H7BrF4O. The van der Waals surface area contributed by atoms with Gasteiger partial charge in [-0.3, -0.25) is 0 Å². The molecule has 0 aromatic heterocycles. The van der Waals surface area contributed by atoms with Crippen LogP contribution in [0.5, 0.6) is 0 Å². The van der Waals surface area contributed by atoms with Gasteiger partial charge in [0.2, 0.25) is 0 Å². The average molecular weight is 251 g/mol. The number of halogens is 5. The van der Waals surface area contributed by atoms with Crippen LogP contribution in [0.4, 0.5) is 17.6 Å². The summed E-state index contributed by atoms with van der Waals surface area (Å²) in [5.41, 5.74) is -0.994. The molecule has 0 aliphatic rings. The van der Waals surface area contributed by atoms with E-state index in [1.165, 1.54) is 0 Å². The molecule has 0 saturated heterocycles. The summed E-state index contributed by atoms with van der Waals surface area (Å²) >= 11 is 1.54. The highest BCUT2D eigenvalue weighted by atomic mass is 79.9. The largest absolute Gasteiger partial charge is 0.396 e. The first-order chi connectivity index (χ1) is 5.23. The molecule has 6 heteroatoms. The number of rotatable bonds is 4. The predicted molar refractivity (Wildman–Crippen MR) is 39.7 cm³/mol. The fourth-order valence-corrected chi connectivity index (χ4v) is 0.773. The van der Waals surface area contributed by atoms with Gasteiger partial charge in [-0.05, 0) is 22.4 Å². The van der Waals surface area contributed by atoms with Crippen molar-refractivity contribution in [2.45, 2.75) is 17.2 Å². The molecule has 12 heavy (non-hydrogen) atoms. The first kappa shape index (κ1) is 11.9. The van der Waals surface area contributed by atoms with Crippen molar-refractivity contribution < 1.29 is 22.7 Å². The lowest BCUT2D eigenvalue weighted by Crippen LogP contribution is -2.36. The minimum atomic E-state index is -4.32. The van der Waals surface area contributed by atoms with Crippen molar-refractivity contribution in [1.29, 1.82) is 0 Å². The lowest BCUT2D eigenvalue weighted by molar-refractivity contribution is -0.121. The van der Waals surface area contributed by atoms with Gasteiger partial charge in [0, 0.05) is 12.2 Å². The van der Waals surface area contributed by atoms with Gasteiger partial charge in [-0.15, -0.1) is 0 Å². The van der Waals surface area contributed by atoms with E-state index in [-0.39, 0.29) is 0 Å². The highest BCUT2D eigenvalue weighted by molar-refractivity contribution is 9.10. The molecule has 0 saturated carbocycles. The fraction of sp³-hybridized carbons (Fsp3) is 0.667. The average Bonchev–Trinajstić information content (AvgIpc) is 1.85. The molecule has 0 bridgehead atoms. The van der Waals surface area contributed by atoms with Crippen LogP contribution in [-0.4, -0.2) is 22.5 Å². The van der Waals surface area contributed by atoms with E-state index in [9.17, 15) is 17.6 Å². The van der Waals surface area contributed by atoms with Crippen molar-refractivity contribution in [2.24, 2.45) is 0 Å². The van der Waals surface area contributed by atoms with Crippen molar-refractivity contribution >= 4 is 15.9 Å². The standard InChI is InChI=1S/C6H7BrF4O/c1-4(2-3-12)5(8,9)6(7,10)11/h12H,1-3H2. The zero-order valence-corrected chi connectivity index (χ0v) is 7.54. The van der Waals surface area contributed by atoms with Crippen molar-refractivity contribution in [3.8, 4) is 0 Å². The summed E-state index contributed by atoms with van der Waals surface area (Å²) in [5.74, 6) is -4.32. The van der Waals surface area contributed by atoms with Crippen LogP contribution in [0.25, 0.3) is 0 Å². The number of hydrogen-bond acceptors (Lipinski definition) is 1. The van der Waals surface area contributed by atoms with Crippen molar-refractivity contribution in [3.63, 3.8) is 0 Å². The summed E-state index contributed by atoms with van der Waals surface area (Å²) in [6.07, 6.45) is -0.547. The molecule has 0 aliphatic carbocycles. The van der Waals surface area contributed by atoms with Crippen LogP contribution in [0.15, 0.2) is 12.2 Å². The number of aliphatic hydroxyl groups is 1. The van der Waals surface area contributed by atoms with Gasteiger partial charge in [-0.2, -0.15) is 17.6 Å². The summed E-state index contributed by atoms with van der Waals surface area (Å²) < 4.78 is 49.2. The Morgan fingerprint density at radius 2 is 1.75 bits per heavy atom. The Labute approximate surface area is 75.2 Å². The summed E-state index contributed by atoms with van der Waals surface area (Å²) in [4.78, 5) is -4.31. The van der Waals surface area contributed by atoms with Crippen molar-refractivity contribution in [3.05, 3.63) is 12.2 Å². The fourth-order valence-electron chi connectivity index (χ4n) is 0.492. The summed E-state index contributed by atoms with van der Waals surface area (Å²) in [6.45, 7) is 2.14. The molecule has 0 unspecified atom stereocenters. The van der Waals surface area contributed by atoms with Crippen LogP contribution >= 0.6 is 15.9 Å². The molecule has 0 amide bonds. The molecule has 0 aromatic carbocycles. The van der Waals surface area contributed by atoms with E-state index in [0.717, 1.165) is 0 Å². The van der Waals surface area contributed by atoms with E-state index in [2.05, 4.69) is 6.58 Å². The normalized spacial score (nSPS) is 13.2. The molecule has 0 aromatic rings. The third-order valence-corrected chi connectivity index (χ3v) is 1.71. The second kappa shape index (κ2) is 3.74. The minimum Gasteiger partial charge on any atom is -0.396 e. The Hall–Kier alpha value is -0.100. The van der Waals surface area contributed by atoms with Gasteiger partial charge in [-0.1, -0.05) is 6.58 Å². The van der Waals surface area contributed by atoms with Crippen LogP contribution in [0, 0.1) is 0 Å². The molecule has 0 atom stereocenters. The predicted octanol–water partition coefficient (Wildman–Crippen LogP) is 2.55. The molecule has 0 spiro atoms. The van der Waals surface area contributed by atoms with Gasteiger partial charge in [0.25, 0.3) is 0 Å². The highest BCUT2D eigenvalue weighted by Crippen LogP contribution is 2.44. The van der Waals surface area contributed by atoms with Crippen LogP contribution in [-0.2, 0) is 0 Å². The van der Waals surface area contributed by atoms with E-state index in [1.807, 2.05) is 0 Å². The zero-order valence-electron chi connectivity index (χ0n) is 5.96. The Kier molecular flexibility index (Phi) is 3.71. The van der Waals surface area contributed by atoms with Crippen LogP contribution in [0.1, 0.15) is 6.42 Å². The maximum atomic E-state index is 12.5. The first-order valence-corrected chi connectivity index (χ1v) is 3.76. The van der Waals surface area contributed by atoms with E-state index in [1.54, 1.807) is 15.9 Å². The quantitative estimate of drug-likeness (QED) is 0.462. The van der Waals surface area contributed by atoms with E-state index in [0.29, 0.717) is 0 Å². The number of hydrogen-bond donors (Lipinski definition) is 1. The Balaban J connectivity index is 4.50. The van der Waals surface area contributed by atoms with Crippen molar-refractivity contribution in [1.82, 2.24) is 0 Å². The molecule has 0 fully saturated rings. The van der Waals surface area contributed by atoms with E-state index in [4.69, 9.17) is 5.11 Å². The maximum Gasteiger partial charge on any atom is 0.367 e. The number of aliphatic hydroxyl groups excluding tert-OH is 1. The Morgan fingerprint density at radius 1 is 1.33 bits per heavy atom. The van der Waals surface area contributed by atoms with Gasteiger partial charge in [0.05, 0.1) is 0 Å². The number of alkyl halides is 5. The topological polar surface area (TPSA) is 20.2 Å². The second-order valence-electron chi connectivity index (χ2n) is 2.15. The first-order valence-electron chi connectivity index (χ1n) is 2.97. The van der Waals surface area contributed by atoms with Crippen molar-refractivity contribution in [2.75, 3.05) is 6.61 Å². The van der Waals surface area contributed by atoms with Gasteiger partial charge in [-0.25, -0.2) is 0 Å². The molecular weight excluding hydrogens is 244 g/mol. The third-order valence-electron chi connectivity index (χ3n) is 1.21. The highest BCUT2D eigenvalue weighted by Gasteiger charge is 2.55. The smallest absolute Gasteiger partial charge is 0.367 e.